The molecule has 1 aromatic carbocycles. The Morgan fingerprint density at radius 1 is 1.56 bits per heavy atom. The fraction of sp³-hybridized carbons (Fsp3) is 0.364. The maximum atomic E-state index is 12.9. The number of likely N-dealkylation sites (N-methyl/N-ethyl adjacent to an activating group) is 2. The van der Waals surface area contributed by atoms with E-state index in [1.54, 1.807) is 25.1 Å². The molecular formula is C11H15FN2O2. The highest BCUT2D eigenvalue weighted by Gasteiger charge is 2.10. The van der Waals surface area contributed by atoms with Crippen LogP contribution in [-0.2, 0) is 11.4 Å². The van der Waals surface area contributed by atoms with Gasteiger partial charge >= 0.3 is 0 Å². The van der Waals surface area contributed by atoms with E-state index in [0.29, 0.717) is 11.3 Å². The van der Waals surface area contributed by atoms with Crippen molar-refractivity contribution in [1.82, 2.24) is 5.32 Å². The third-order valence-corrected chi connectivity index (χ3v) is 2.28. The topological polar surface area (TPSA) is 52.6 Å². The highest BCUT2D eigenvalue weighted by Crippen LogP contribution is 2.20. The molecule has 5 heteroatoms. The van der Waals surface area contributed by atoms with Gasteiger partial charge in [0.1, 0.15) is 5.82 Å². The molecule has 0 bridgehead atoms. The van der Waals surface area contributed by atoms with Gasteiger partial charge in [0.05, 0.1) is 13.2 Å². The zero-order valence-corrected chi connectivity index (χ0v) is 9.33. The van der Waals surface area contributed by atoms with Gasteiger partial charge < -0.3 is 15.3 Å². The molecule has 1 aromatic rings. The molecule has 88 valence electrons. The number of aliphatic hydroxyl groups is 1. The zero-order chi connectivity index (χ0) is 12.1. The van der Waals surface area contributed by atoms with E-state index >= 15 is 0 Å². The number of hydrogen-bond donors (Lipinski definition) is 2. The summed E-state index contributed by atoms with van der Waals surface area (Å²) in [5.41, 5.74) is 1.11. The van der Waals surface area contributed by atoms with E-state index < -0.39 is 5.82 Å². The van der Waals surface area contributed by atoms with Crippen LogP contribution in [0.3, 0.4) is 0 Å². The molecule has 0 aromatic heterocycles. The lowest BCUT2D eigenvalue weighted by molar-refractivity contribution is -0.119. The molecule has 0 fully saturated rings. The molecule has 0 atom stereocenters. The van der Waals surface area contributed by atoms with Gasteiger partial charge in [-0.2, -0.15) is 0 Å². The summed E-state index contributed by atoms with van der Waals surface area (Å²) in [7, 11) is 3.26. The van der Waals surface area contributed by atoms with Crippen molar-refractivity contribution in [2.45, 2.75) is 6.61 Å². The first-order valence-electron chi connectivity index (χ1n) is 4.89. The largest absolute Gasteiger partial charge is 0.392 e. The molecule has 0 radical (unpaired) electrons. The average Bonchev–Trinajstić information content (AvgIpc) is 2.28. The Morgan fingerprint density at radius 2 is 2.25 bits per heavy atom. The summed E-state index contributed by atoms with van der Waals surface area (Å²) in [5, 5.41) is 11.6. The van der Waals surface area contributed by atoms with Crippen molar-refractivity contribution >= 4 is 11.6 Å². The summed E-state index contributed by atoms with van der Waals surface area (Å²) in [5.74, 6) is -0.545. The van der Waals surface area contributed by atoms with Gasteiger partial charge in [0.15, 0.2) is 0 Å². The van der Waals surface area contributed by atoms with E-state index in [0.717, 1.165) is 0 Å². The molecule has 0 aliphatic rings. The van der Waals surface area contributed by atoms with Crippen molar-refractivity contribution in [2.75, 3.05) is 25.5 Å². The monoisotopic (exact) mass is 226 g/mol. The number of aliphatic hydroxyl groups excluding tert-OH is 1. The van der Waals surface area contributed by atoms with Crippen LogP contribution in [0.5, 0.6) is 0 Å². The Balaban J connectivity index is 2.90. The molecule has 16 heavy (non-hydrogen) atoms. The molecule has 1 rings (SSSR count). The van der Waals surface area contributed by atoms with Crippen LogP contribution in [0.25, 0.3) is 0 Å². The number of nitrogens with one attached hydrogen (secondary N) is 1. The van der Waals surface area contributed by atoms with Gasteiger partial charge in [0.25, 0.3) is 0 Å². The Morgan fingerprint density at radius 3 is 2.81 bits per heavy atom. The molecule has 0 aliphatic carbocycles. The first kappa shape index (κ1) is 12.4. The number of carbonyl (C=O) groups is 1. The first-order chi connectivity index (χ1) is 7.58. The van der Waals surface area contributed by atoms with Crippen molar-refractivity contribution in [3.05, 3.63) is 29.6 Å². The lowest BCUT2D eigenvalue weighted by Gasteiger charge is -2.20. The summed E-state index contributed by atoms with van der Waals surface area (Å²) < 4.78 is 12.9. The second-order valence-corrected chi connectivity index (χ2v) is 3.46. The van der Waals surface area contributed by atoms with Crippen LogP contribution in [0, 0.1) is 5.82 Å². The Bertz CT molecular complexity index is 382. The van der Waals surface area contributed by atoms with Crippen molar-refractivity contribution < 1.29 is 14.3 Å². The van der Waals surface area contributed by atoms with E-state index in [-0.39, 0.29) is 19.1 Å². The molecule has 0 heterocycles. The number of halogens is 1. The van der Waals surface area contributed by atoms with E-state index in [4.69, 9.17) is 5.11 Å². The fourth-order valence-corrected chi connectivity index (χ4v) is 1.43. The zero-order valence-electron chi connectivity index (χ0n) is 9.33. The summed E-state index contributed by atoms with van der Waals surface area (Å²) >= 11 is 0. The smallest absolute Gasteiger partial charge is 0.239 e. The molecule has 0 saturated carbocycles. The minimum Gasteiger partial charge on any atom is -0.392 e. The van der Waals surface area contributed by atoms with Gasteiger partial charge in [-0.15, -0.1) is 0 Å². The third kappa shape index (κ3) is 2.93. The van der Waals surface area contributed by atoms with Gasteiger partial charge in [-0.05, 0) is 18.2 Å². The number of nitrogens with zero attached hydrogens (tertiary/aromatic N) is 1. The minimum atomic E-state index is -0.402. The number of rotatable bonds is 4. The highest BCUT2D eigenvalue weighted by molar-refractivity contribution is 5.81. The normalized spacial score (nSPS) is 10.0. The minimum absolute atomic E-state index is 0.143. The fourth-order valence-electron chi connectivity index (χ4n) is 1.43. The predicted octanol–water partition coefficient (Wildman–Crippen LogP) is 0.500. The molecule has 0 spiro atoms. The van der Waals surface area contributed by atoms with Crippen LogP contribution in [0.1, 0.15) is 5.56 Å². The van der Waals surface area contributed by atoms with Crippen LogP contribution in [0.15, 0.2) is 18.2 Å². The lowest BCUT2D eigenvalue weighted by atomic mass is 10.1. The molecule has 4 nitrogen and oxygen atoms in total. The number of benzene rings is 1. The van der Waals surface area contributed by atoms with E-state index in [9.17, 15) is 9.18 Å². The van der Waals surface area contributed by atoms with Crippen molar-refractivity contribution in [1.29, 1.82) is 0 Å². The van der Waals surface area contributed by atoms with Gasteiger partial charge in [-0.3, -0.25) is 4.79 Å². The van der Waals surface area contributed by atoms with Gasteiger partial charge in [0, 0.05) is 25.3 Å². The maximum absolute atomic E-state index is 12.9. The summed E-state index contributed by atoms with van der Waals surface area (Å²) in [6.45, 7) is -0.0969. The van der Waals surface area contributed by atoms with Crippen LogP contribution in [0.4, 0.5) is 10.1 Å². The highest BCUT2D eigenvalue weighted by atomic mass is 19.1. The summed E-state index contributed by atoms with van der Waals surface area (Å²) in [4.78, 5) is 12.8. The van der Waals surface area contributed by atoms with Crippen LogP contribution in [0.2, 0.25) is 0 Å². The Hall–Kier alpha value is -1.62. The van der Waals surface area contributed by atoms with E-state index in [1.807, 2.05) is 0 Å². The van der Waals surface area contributed by atoms with Crippen molar-refractivity contribution in [3.8, 4) is 0 Å². The summed E-state index contributed by atoms with van der Waals surface area (Å²) in [6.07, 6.45) is 0. The SMILES string of the molecule is CNC(=O)CN(C)c1ccc(F)cc1CO. The second kappa shape index (κ2) is 5.46. The van der Waals surface area contributed by atoms with Crippen LogP contribution in [-0.4, -0.2) is 31.7 Å². The van der Waals surface area contributed by atoms with Gasteiger partial charge in [0.2, 0.25) is 5.91 Å². The summed E-state index contributed by atoms with van der Waals surface area (Å²) in [6, 6.07) is 4.11. The average molecular weight is 226 g/mol. The number of hydrogen-bond acceptors (Lipinski definition) is 3. The number of anilines is 1. The molecular weight excluding hydrogens is 211 g/mol. The first-order valence-corrected chi connectivity index (χ1v) is 4.89. The Labute approximate surface area is 93.7 Å². The van der Waals surface area contributed by atoms with Crippen molar-refractivity contribution in [2.24, 2.45) is 0 Å². The number of carbonyl (C=O) groups excluding carboxylic acids is 1. The Kier molecular flexibility index (Phi) is 4.25. The predicted molar refractivity (Wildman–Crippen MR) is 59.7 cm³/mol. The quantitative estimate of drug-likeness (QED) is 0.786. The van der Waals surface area contributed by atoms with Gasteiger partial charge in [-0.25, -0.2) is 4.39 Å². The van der Waals surface area contributed by atoms with E-state index in [1.165, 1.54) is 12.1 Å². The van der Waals surface area contributed by atoms with E-state index in [2.05, 4.69) is 5.32 Å². The second-order valence-electron chi connectivity index (χ2n) is 3.46. The molecule has 0 unspecified atom stereocenters. The maximum Gasteiger partial charge on any atom is 0.239 e. The standard InChI is InChI=1S/C11H15FN2O2/c1-13-11(16)6-14(2)10-4-3-9(12)5-8(10)7-15/h3-5,15H,6-7H2,1-2H3,(H,13,16). The number of amides is 1. The van der Waals surface area contributed by atoms with Gasteiger partial charge in [-0.1, -0.05) is 0 Å². The molecule has 0 saturated heterocycles. The third-order valence-electron chi connectivity index (χ3n) is 2.28. The lowest BCUT2D eigenvalue weighted by Crippen LogP contribution is -2.33. The van der Waals surface area contributed by atoms with Crippen LogP contribution >= 0.6 is 0 Å². The van der Waals surface area contributed by atoms with Crippen LogP contribution < -0.4 is 10.2 Å². The molecule has 1 amide bonds. The molecule has 0 aliphatic heterocycles. The molecule has 2 N–H and O–H groups in total. The van der Waals surface area contributed by atoms with Crippen molar-refractivity contribution in [3.63, 3.8) is 0 Å².